The molecule has 0 radical (unpaired) electrons. The fraction of sp³-hybridized carbons (Fsp3) is 1.00. The SMILES string of the molecule is CCCCCCCCCCCCCCCC[N+](C)(C)CC(CCCCCCCC)[N+](C)(C)CCCCCCCCCCCCCCCC. The molecule has 0 aromatic carbocycles. The van der Waals surface area contributed by atoms with E-state index in [9.17, 15) is 0 Å². The molecule has 0 aromatic rings. The lowest BCUT2D eigenvalue weighted by Gasteiger charge is -2.42. The van der Waals surface area contributed by atoms with Crippen LogP contribution in [0.5, 0.6) is 0 Å². The molecule has 48 heavy (non-hydrogen) atoms. The predicted molar refractivity (Wildman–Crippen MR) is 221 cm³/mol. The molecular weight excluding hydrogens is 581 g/mol. The average molecular weight is 679 g/mol. The lowest BCUT2D eigenvalue weighted by molar-refractivity contribution is -0.965. The highest BCUT2D eigenvalue weighted by Crippen LogP contribution is 2.22. The summed E-state index contributed by atoms with van der Waals surface area (Å²) >= 11 is 0. The van der Waals surface area contributed by atoms with Crippen LogP contribution in [0.1, 0.15) is 245 Å². The Hall–Kier alpha value is -0.0800. The van der Waals surface area contributed by atoms with Gasteiger partial charge in [0.1, 0.15) is 12.6 Å². The summed E-state index contributed by atoms with van der Waals surface area (Å²) in [6, 6.07) is 0.805. The molecule has 0 amide bonds. The summed E-state index contributed by atoms with van der Waals surface area (Å²) in [6.07, 6.45) is 50.7. The highest BCUT2D eigenvalue weighted by Gasteiger charge is 2.33. The minimum absolute atomic E-state index is 0.805. The van der Waals surface area contributed by atoms with Crippen molar-refractivity contribution >= 4 is 0 Å². The lowest BCUT2D eigenvalue weighted by Crippen LogP contribution is -2.58. The Kier molecular flexibility index (Phi) is 35.3. The van der Waals surface area contributed by atoms with Gasteiger partial charge in [-0.15, -0.1) is 0 Å². The quantitative estimate of drug-likeness (QED) is 0.0447. The van der Waals surface area contributed by atoms with Gasteiger partial charge in [0.05, 0.1) is 41.3 Å². The number of rotatable bonds is 40. The Labute approximate surface area is 307 Å². The van der Waals surface area contributed by atoms with Crippen LogP contribution in [-0.4, -0.2) is 62.8 Å². The van der Waals surface area contributed by atoms with Gasteiger partial charge in [-0.25, -0.2) is 0 Å². The predicted octanol–water partition coefficient (Wildman–Crippen LogP) is 15.2. The smallest absolute Gasteiger partial charge is 0.138 e. The van der Waals surface area contributed by atoms with Crippen LogP contribution in [0.15, 0.2) is 0 Å². The van der Waals surface area contributed by atoms with Gasteiger partial charge in [0.15, 0.2) is 0 Å². The minimum atomic E-state index is 0.805. The van der Waals surface area contributed by atoms with Crippen LogP contribution in [0.25, 0.3) is 0 Å². The van der Waals surface area contributed by atoms with E-state index in [-0.39, 0.29) is 0 Å². The first-order chi connectivity index (χ1) is 23.3. The van der Waals surface area contributed by atoms with Crippen LogP contribution >= 0.6 is 0 Å². The Morgan fingerprint density at radius 3 is 0.854 bits per heavy atom. The summed E-state index contributed by atoms with van der Waals surface area (Å²) in [7, 11) is 10.2. The Balaban J connectivity index is 4.30. The normalized spacial score (nSPS) is 13.1. The van der Waals surface area contributed by atoms with Gasteiger partial charge in [-0.3, -0.25) is 0 Å². The van der Waals surface area contributed by atoms with Crippen molar-refractivity contribution in [2.75, 3.05) is 47.8 Å². The molecule has 0 rings (SSSR count). The van der Waals surface area contributed by atoms with Crippen LogP contribution in [-0.2, 0) is 0 Å². The summed E-state index contributed by atoms with van der Waals surface area (Å²) in [4.78, 5) is 0. The van der Waals surface area contributed by atoms with E-state index in [1.807, 2.05) is 0 Å². The van der Waals surface area contributed by atoms with Crippen LogP contribution in [0, 0.1) is 0 Å². The molecule has 0 bridgehead atoms. The Morgan fingerprint density at radius 2 is 0.542 bits per heavy atom. The molecule has 2 nitrogen and oxygen atoms in total. The summed E-state index contributed by atoms with van der Waals surface area (Å²) in [5.74, 6) is 0. The fourth-order valence-electron chi connectivity index (χ4n) is 8.11. The second-order valence-electron chi connectivity index (χ2n) is 17.7. The molecule has 0 fully saturated rings. The van der Waals surface area contributed by atoms with Crippen molar-refractivity contribution < 1.29 is 8.97 Å². The van der Waals surface area contributed by atoms with E-state index >= 15 is 0 Å². The molecular formula is C46H98N2+2. The number of nitrogens with zero attached hydrogens (tertiary/aromatic N) is 2. The third-order valence-electron chi connectivity index (χ3n) is 11.8. The summed E-state index contributed by atoms with van der Waals surface area (Å²) < 4.78 is 2.47. The molecule has 0 spiro atoms. The molecule has 0 aromatic heterocycles. The van der Waals surface area contributed by atoms with E-state index < -0.39 is 0 Å². The van der Waals surface area contributed by atoms with Crippen LogP contribution in [0.3, 0.4) is 0 Å². The maximum atomic E-state index is 2.58. The highest BCUT2D eigenvalue weighted by molar-refractivity contribution is 4.62. The number of likely N-dealkylation sites (N-methyl/N-ethyl adjacent to an activating group) is 2. The number of hydrogen-bond donors (Lipinski definition) is 0. The average Bonchev–Trinajstić information content (AvgIpc) is 3.06. The zero-order valence-electron chi connectivity index (χ0n) is 35.3. The maximum absolute atomic E-state index is 2.58. The molecule has 0 saturated carbocycles. The van der Waals surface area contributed by atoms with Gasteiger partial charge >= 0.3 is 0 Å². The summed E-state index contributed by atoms with van der Waals surface area (Å²) in [5, 5.41) is 0. The van der Waals surface area contributed by atoms with E-state index in [1.165, 1.54) is 253 Å². The summed E-state index contributed by atoms with van der Waals surface area (Å²) in [5.41, 5.74) is 0. The molecule has 1 unspecified atom stereocenters. The largest absolute Gasteiger partial charge is 0.324 e. The molecule has 0 N–H and O–H groups in total. The third-order valence-corrected chi connectivity index (χ3v) is 11.8. The van der Waals surface area contributed by atoms with Crippen LogP contribution < -0.4 is 0 Å². The van der Waals surface area contributed by atoms with Gasteiger partial charge < -0.3 is 8.97 Å². The zero-order chi connectivity index (χ0) is 35.4. The molecule has 0 aliphatic rings. The molecule has 0 saturated heterocycles. The summed E-state index contributed by atoms with van der Waals surface area (Å²) in [6.45, 7) is 11.1. The number of unbranched alkanes of at least 4 members (excludes halogenated alkanes) is 31. The standard InChI is InChI=1S/C46H98N2/c1-8-11-14-17-20-22-24-26-28-30-32-34-37-40-43-47(4,5)45-46(42-39-36-19-16-13-10-3)48(6,7)44-41-38-35-33-31-29-27-25-23-21-18-15-12-9-2/h46H,8-45H2,1-7H3/q+2. The highest BCUT2D eigenvalue weighted by atomic mass is 15.4. The Bertz CT molecular complexity index is 611. The molecule has 2 heteroatoms. The first-order valence-corrected chi connectivity index (χ1v) is 22.9. The molecule has 0 aliphatic carbocycles. The minimum Gasteiger partial charge on any atom is -0.324 e. The van der Waals surface area contributed by atoms with Crippen molar-refractivity contribution in [3.8, 4) is 0 Å². The van der Waals surface area contributed by atoms with Gasteiger partial charge in [0.25, 0.3) is 0 Å². The molecule has 290 valence electrons. The van der Waals surface area contributed by atoms with Crippen molar-refractivity contribution in [2.24, 2.45) is 0 Å². The fourth-order valence-corrected chi connectivity index (χ4v) is 8.11. The molecule has 0 heterocycles. The van der Waals surface area contributed by atoms with Gasteiger partial charge in [-0.05, 0) is 32.1 Å². The lowest BCUT2D eigenvalue weighted by atomic mass is 10.0. The number of hydrogen-bond acceptors (Lipinski definition) is 0. The molecule has 1 atom stereocenters. The van der Waals surface area contributed by atoms with Crippen molar-refractivity contribution in [2.45, 2.75) is 252 Å². The van der Waals surface area contributed by atoms with Gasteiger partial charge in [-0.2, -0.15) is 0 Å². The second kappa shape index (κ2) is 35.3. The Morgan fingerprint density at radius 1 is 0.292 bits per heavy atom. The zero-order valence-corrected chi connectivity index (χ0v) is 35.3. The second-order valence-corrected chi connectivity index (χ2v) is 17.7. The van der Waals surface area contributed by atoms with Gasteiger partial charge in [-0.1, -0.05) is 207 Å². The molecule has 0 aliphatic heterocycles. The number of quaternary nitrogens is 2. The first-order valence-electron chi connectivity index (χ1n) is 22.9. The van der Waals surface area contributed by atoms with Crippen LogP contribution in [0.2, 0.25) is 0 Å². The van der Waals surface area contributed by atoms with Crippen LogP contribution in [0.4, 0.5) is 0 Å². The first kappa shape index (κ1) is 47.9. The van der Waals surface area contributed by atoms with Gasteiger partial charge in [0.2, 0.25) is 0 Å². The third kappa shape index (κ3) is 33.1. The van der Waals surface area contributed by atoms with Crippen molar-refractivity contribution in [3.63, 3.8) is 0 Å². The topological polar surface area (TPSA) is 0 Å². The van der Waals surface area contributed by atoms with Crippen molar-refractivity contribution in [1.82, 2.24) is 0 Å². The van der Waals surface area contributed by atoms with E-state index in [1.54, 1.807) is 0 Å². The van der Waals surface area contributed by atoms with Gasteiger partial charge in [0, 0.05) is 6.42 Å². The van der Waals surface area contributed by atoms with E-state index in [0.717, 1.165) is 6.04 Å². The van der Waals surface area contributed by atoms with E-state index in [0.29, 0.717) is 0 Å². The van der Waals surface area contributed by atoms with E-state index in [4.69, 9.17) is 0 Å². The van der Waals surface area contributed by atoms with Crippen molar-refractivity contribution in [1.29, 1.82) is 0 Å². The monoisotopic (exact) mass is 679 g/mol. The van der Waals surface area contributed by atoms with E-state index in [2.05, 4.69) is 49.0 Å². The van der Waals surface area contributed by atoms with Crippen molar-refractivity contribution in [3.05, 3.63) is 0 Å². The maximum Gasteiger partial charge on any atom is 0.138 e.